The molecule has 1 aliphatic carbocycles. The number of hydrogen-bond donors (Lipinski definition) is 1. The van der Waals surface area contributed by atoms with Gasteiger partial charge in [-0.2, -0.15) is 0 Å². The number of rotatable bonds is 6. The quantitative estimate of drug-likeness (QED) is 0.583. The van der Waals surface area contributed by atoms with Crippen molar-refractivity contribution in [3.05, 3.63) is 11.3 Å². The number of oxime groups is 1. The highest BCUT2D eigenvalue weighted by molar-refractivity contribution is 7.91. The Morgan fingerprint density at radius 2 is 2.04 bits per heavy atom. The fraction of sp³-hybridized carbons (Fsp3) is 0.765. The number of carbonyl (C=O) groups is 1. The van der Waals surface area contributed by atoms with Gasteiger partial charge in [-0.05, 0) is 38.0 Å². The highest BCUT2D eigenvalue weighted by atomic mass is 32.2. The van der Waals surface area contributed by atoms with Crippen molar-refractivity contribution in [1.29, 1.82) is 0 Å². The summed E-state index contributed by atoms with van der Waals surface area (Å²) in [7, 11) is -3.02. The molecule has 136 valence electrons. The number of carbonyl (C=O) groups excluding carboxylic acids is 1. The smallest absolute Gasteiger partial charge is 0.168 e. The van der Waals surface area contributed by atoms with Crippen LogP contribution < -0.4 is 0 Å². The molecule has 1 fully saturated rings. The van der Waals surface area contributed by atoms with Crippen LogP contribution in [0.4, 0.5) is 0 Å². The minimum absolute atomic E-state index is 0.0334. The van der Waals surface area contributed by atoms with Crippen LogP contribution in [0, 0.1) is 11.8 Å². The van der Waals surface area contributed by atoms with Crippen LogP contribution in [0.2, 0.25) is 0 Å². The van der Waals surface area contributed by atoms with E-state index in [-0.39, 0.29) is 46.9 Å². The van der Waals surface area contributed by atoms with Crippen LogP contribution >= 0.6 is 0 Å². The Morgan fingerprint density at radius 3 is 2.62 bits per heavy atom. The van der Waals surface area contributed by atoms with E-state index in [9.17, 15) is 18.3 Å². The summed E-state index contributed by atoms with van der Waals surface area (Å²) >= 11 is 0. The number of hydrogen-bond acceptors (Lipinski definition) is 6. The van der Waals surface area contributed by atoms with Crippen LogP contribution in [0.15, 0.2) is 16.5 Å². The monoisotopic (exact) mass is 357 g/mol. The molecule has 0 amide bonds. The summed E-state index contributed by atoms with van der Waals surface area (Å²) in [6.45, 7) is 4.18. The minimum atomic E-state index is -3.02. The second kappa shape index (κ2) is 8.14. The normalized spacial score (nSPS) is 28.1. The van der Waals surface area contributed by atoms with Gasteiger partial charge in [0.1, 0.15) is 12.4 Å². The largest absolute Gasteiger partial charge is 0.511 e. The van der Waals surface area contributed by atoms with E-state index < -0.39 is 9.84 Å². The van der Waals surface area contributed by atoms with Gasteiger partial charge in [0.2, 0.25) is 0 Å². The van der Waals surface area contributed by atoms with Crippen molar-refractivity contribution in [1.82, 2.24) is 0 Å². The molecule has 0 spiro atoms. The van der Waals surface area contributed by atoms with Gasteiger partial charge < -0.3 is 9.94 Å². The van der Waals surface area contributed by atoms with E-state index >= 15 is 0 Å². The number of ketones is 1. The van der Waals surface area contributed by atoms with Crippen LogP contribution in [0.1, 0.15) is 52.4 Å². The lowest BCUT2D eigenvalue weighted by Gasteiger charge is -2.32. The topological polar surface area (TPSA) is 93.0 Å². The zero-order valence-electron chi connectivity index (χ0n) is 14.5. The van der Waals surface area contributed by atoms with Gasteiger partial charge in [0.05, 0.1) is 22.8 Å². The van der Waals surface area contributed by atoms with Crippen molar-refractivity contribution in [3.8, 4) is 0 Å². The third-order valence-corrected chi connectivity index (χ3v) is 6.56. The molecule has 2 aliphatic rings. The maximum Gasteiger partial charge on any atom is 0.168 e. The first-order valence-electron chi connectivity index (χ1n) is 8.72. The molecule has 1 aliphatic heterocycles. The molecule has 6 nitrogen and oxygen atoms in total. The fourth-order valence-corrected chi connectivity index (χ4v) is 5.47. The van der Waals surface area contributed by atoms with Gasteiger partial charge in [0.15, 0.2) is 15.6 Å². The van der Waals surface area contributed by atoms with Gasteiger partial charge in [-0.3, -0.25) is 4.79 Å². The molecule has 2 unspecified atom stereocenters. The van der Waals surface area contributed by atoms with Crippen LogP contribution in [-0.2, 0) is 19.5 Å². The highest BCUT2D eigenvalue weighted by Crippen LogP contribution is 2.36. The van der Waals surface area contributed by atoms with E-state index in [0.717, 1.165) is 12.8 Å². The Labute approximate surface area is 143 Å². The van der Waals surface area contributed by atoms with Crippen LogP contribution in [0.3, 0.4) is 0 Å². The average molecular weight is 357 g/mol. The predicted octanol–water partition coefficient (Wildman–Crippen LogP) is 2.80. The first-order chi connectivity index (χ1) is 11.4. The van der Waals surface area contributed by atoms with Gasteiger partial charge in [-0.1, -0.05) is 18.5 Å². The van der Waals surface area contributed by atoms with E-state index in [1.54, 1.807) is 0 Å². The van der Waals surface area contributed by atoms with Gasteiger partial charge in [-0.25, -0.2) is 8.42 Å². The molecule has 1 heterocycles. The molecule has 1 N–H and O–H groups in total. The summed E-state index contributed by atoms with van der Waals surface area (Å²) in [5.74, 6) is 0.0901. The van der Waals surface area contributed by atoms with Gasteiger partial charge in [0.25, 0.3) is 0 Å². The Kier molecular flexibility index (Phi) is 6.43. The first kappa shape index (κ1) is 19.0. The highest BCUT2D eigenvalue weighted by Gasteiger charge is 2.37. The zero-order chi connectivity index (χ0) is 17.7. The van der Waals surface area contributed by atoms with Gasteiger partial charge >= 0.3 is 0 Å². The van der Waals surface area contributed by atoms with Crippen LogP contribution in [0.5, 0.6) is 0 Å². The van der Waals surface area contributed by atoms with E-state index in [2.05, 4.69) is 5.16 Å². The molecular weight excluding hydrogens is 330 g/mol. The second-order valence-electron chi connectivity index (χ2n) is 6.64. The lowest BCUT2D eigenvalue weighted by atomic mass is 9.76. The van der Waals surface area contributed by atoms with Crippen LogP contribution in [0.25, 0.3) is 0 Å². The molecule has 7 heteroatoms. The lowest BCUT2D eigenvalue weighted by Crippen LogP contribution is -2.35. The lowest BCUT2D eigenvalue weighted by molar-refractivity contribution is -0.117. The fourth-order valence-electron chi connectivity index (χ4n) is 3.61. The maximum atomic E-state index is 12.6. The summed E-state index contributed by atoms with van der Waals surface area (Å²) in [6, 6.07) is 0. The molecule has 2 atom stereocenters. The first-order valence-corrected chi connectivity index (χ1v) is 10.5. The number of aliphatic hydroxyl groups excluding tert-OH is 1. The Hall–Kier alpha value is -1.37. The number of sulfone groups is 1. The SMILES string of the molecule is CCC/C(=N\OCC)C1=C(O)CC(C2CCCS(=O)(=O)C2)CC1=O. The zero-order valence-corrected chi connectivity index (χ0v) is 15.3. The summed E-state index contributed by atoms with van der Waals surface area (Å²) < 4.78 is 23.7. The van der Waals surface area contributed by atoms with Gasteiger partial charge in [0, 0.05) is 12.8 Å². The molecular formula is C17H27NO5S. The van der Waals surface area contributed by atoms with Crippen molar-refractivity contribution in [2.24, 2.45) is 17.0 Å². The van der Waals surface area contributed by atoms with Crippen molar-refractivity contribution in [2.45, 2.75) is 52.4 Å². The number of aliphatic hydroxyl groups is 1. The van der Waals surface area contributed by atoms with Crippen molar-refractivity contribution in [3.63, 3.8) is 0 Å². The molecule has 0 radical (unpaired) electrons. The summed E-state index contributed by atoms with van der Waals surface area (Å²) in [6.07, 6.45) is 3.41. The Balaban J connectivity index is 2.20. The Morgan fingerprint density at radius 1 is 1.29 bits per heavy atom. The Bertz CT molecular complexity index is 635. The number of Topliss-reactive ketones (excluding diaryl/α,β-unsaturated/α-hetero) is 1. The molecule has 1 saturated heterocycles. The standard InChI is InChI=1S/C17H27NO5S/c1-3-6-14(18-23-4-2)17-15(19)9-13(10-16(17)20)12-7-5-8-24(21,22)11-12/h12-13,19H,3-11H2,1-2H3/b18-14+. The second-order valence-corrected chi connectivity index (χ2v) is 8.86. The molecule has 0 bridgehead atoms. The van der Waals surface area contributed by atoms with Crippen molar-refractivity contribution >= 4 is 21.3 Å². The third-order valence-electron chi connectivity index (χ3n) is 4.71. The van der Waals surface area contributed by atoms with E-state index in [4.69, 9.17) is 4.84 Å². The molecule has 0 saturated carbocycles. The summed E-state index contributed by atoms with van der Waals surface area (Å²) in [5.41, 5.74) is 0.775. The minimum Gasteiger partial charge on any atom is -0.511 e. The number of nitrogens with zero attached hydrogens (tertiary/aromatic N) is 1. The average Bonchev–Trinajstić information content (AvgIpc) is 2.50. The number of allylic oxidation sites excluding steroid dienone is 2. The van der Waals surface area contributed by atoms with E-state index in [0.29, 0.717) is 31.6 Å². The maximum absolute atomic E-state index is 12.6. The third kappa shape index (κ3) is 4.59. The molecule has 24 heavy (non-hydrogen) atoms. The van der Waals surface area contributed by atoms with Gasteiger partial charge in [-0.15, -0.1) is 0 Å². The summed E-state index contributed by atoms with van der Waals surface area (Å²) in [5, 5.41) is 14.4. The molecule has 2 rings (SSSR count). The van der Waals surface area contributed by atoms with E-state index in [1.807, 2.05) is 13.8 Å². The predicted molar refractivity (Wildman–Crippen MR) is 92.7 cm³/mol. The van der Waals surface area contributed by atoms with Crippen molar-refractivity contribution in [2.75, 3.05) is 18.1 Å². The molecule has 0 aromatic heterocycles. The molecule has 0 aromatic carbocycles. The van der Waals surface area contributed by atoms with E-state index in [1.165, 1.54) is 0 Å². The van der Waals surface area contributed by atoms with Crippen LogP contribution in [-0.4, -0.2) is 43.1 Å². The summed E-state index contributed by atoms with van der Waals surface area (Å²) in [4.78, 5) is 17.7. The molecule has 0 aromatic rings. The van der Waals surface area contributed by atoms with Crippen molar-refractivity contribution < 1.29 is 23.2 Å².